The molecule has 4 rings (SSSR count). The lowest BCUT2D eigenvalue weighted by Gasteiger charge is -2.29. The fourth-order valence-electron chi connectivity index (χ4n) is 3.51. The number of halogens is 1. The molecule has 3 aromatic rings. The molecule has 0 saturated carbocycles. The number of amides is 1. The van der Waals surface area contributed by atoms with Crippen molar-refractivity contribution in [3.8, 4) is 11.5 Å². The molecule has 1 fully saturated rings. The van der Waals surface area contributed by atoms with E-state index in [0.717, 1.165) is 0 Å². The molecule has 1 amide bonds. The Morgan fingerprint density at radius 3 is 2.32 bits per heavy atom. The second-order valence-electron chi connectivity index (χ2n) is 7.34. The standard InChI is InChI=1S/C21H21FN4O4S/c1-14(27)23-18-6-8-19(9-7-18)31(28,29)26-12-10-16(11-13-26)21-25-24-20(30-21)15-2-4-17(22)5-3-15/h2-9,16H,10-13H2,1H3,(H,23,27). The van der Waals surface area contributed by atoms with Crippen LogP contribution in [0.3, 0.4) is 0 Å². The molecule has 0 aliphatic carbocycles. The second-order valence-corrected chi connectivity index (χ2v) is 9.27. The van der Waals surface area contributed by atoms with E-state index in [9.17, 15) is 17.6 Å². The first-order valence-electron chi connectivity index (χ1n) is 9.80. The molecule has 0 spiro atoms. The molecule has 0 unspecified atom stereocenters. The summed E-state index contributed by atoms with van der Waals surface area (Å²) in [4.78, 5) is 11.3. The van der Waals surface area contributed by atoms with Crippen molar-refractivity contribution in [3.63, 3.8) is 0 Å². The minimum Gasteiger partial charge on any atom is -0.420 e. The van der Waals surface area contributed by atoms with E-state index in [1.807, 2.05) is 0 Å². The summed E-state index contributed by atoms with van der Waals surface area (Å²) in [6, 6.07) is 11.9. The van der Waals surface area contributed by atoms with Crippen LogP contribution in [0.15, 0.2) is 57.8 Å². The van der Waals surface area contributed by atoms with E-state index < -0.39 is 10.0 Å². The van der Waals surface area contributed by atoms with Gasteiger partial charge in [0.15, 0.2) is 0 Å². The summed E-state index contributed by atoms with van der Waals surface area (Å²) < 4.78 is 46.2. The van der Waals surface area contributed by atoms with E-state index in [1.54, 1.807) is 24.3 Å². The van der Waals surface area contributed by atoms with E-state index >= 15 is 0 Å². The first-order chi connectivity index (χ1) is 14.8. The number of sulfonamides is 1. The van der Waals surface area contributed by atoms with Gasteiger partial charge in [0.1, 0.15) is 5.82 Å². The summed E-state index contributed by atoms with van der Waals surface area (Å²) in [7, 11) is -3.64. The highest BCUT2D eigenvalue weighted by Crippen LogP contribution is 2.31. The molecule has 10 heteroatoms. The van der Waals surface area contributed by atoms with Crippen LogP contribution in [0.5, 0.6) is 0 Å². The number of rotatable bonds is 5. The van der Waals surface area contributed by atoms with Crippen LogP contribution >= 0.6 is 0 Å². The Kier molecular flexibility index (Phi) is 5.84. The summed E-state index contributed by atoms with van der Waals surface area (Å²) in [6.45, 7) is 2.05. The van der Waals surface area contributed by atoms with Crippen LogP contribution in [-0.2, 0) is 14.8 Å². The number of anilines is 1. The average molecular weight is 444 g/mol. The fraction of sp³-hybridized carbons (Fsp3) is 0.286. The number of nitrogens with one attached hydrogen (secondary N) is 1. The summed E-state index contributed by atoms with van der Waals surface area (Å²) in [5.41, 5.74) is 1.17. The largest absolute Gasteiger partial charge is 0.420 e. The van der Waals surface area contributed by atoms with Crippen molar-refractivity contribution in [1.82, 2.24) is 14.5 Å². The van der Waals surface area contributed by atoms with Gasteiger partial charge in [-0.05, 0) is 61.4 Å². The molecule has 0 radical (unpaired) electrons. The number of nitrogens with zero attached hydrogens (tertiary/aromatic N) is 3. The van der Waals surface area contributed by atoms with Crippen LogP contribution in [-0.4, -0.2) is 41.9 Å². The van der Waals surface area contributed by atoms with Crippen LogP contribution in [0.2, 0.25) is 0 Å². The van der Waals surface area contributed by atoms with Gasteiger partial charge >= 0.3 is 0 Å². The lowest BCUT2D eigenvalue weighted by Crippen LogP contribution is -2.37. The van der Waals surface area contributed by atoms with Gasteiger partial charge in [0.25, 0.3) is 0 Å². The van der Waals surface area contributed by atoms with Crippen molar-refractivity contribution >= 4 is 21.6 Å². The fourth-order valence-corrected chi connectivity index (χ4v) is 4.98. The van der Waals surface area contributed by atoms with Crippen molar-refractivity contribution in [2.45, 2.75) is 30.6 Å². The molecule has 1 N–H and O–H groups in total. The SMILES string of the molecule is CC(=O)Nc1ccc(S(=O)(=O)N2CCC(c3nnc(-c4ccc(F)cc4)o3)CC2)cc1. The quantitative estimate of drug-likeness (QED) is 0.647. The van der Waals surface area contributed by atoms with Crippen LogP contribution in [0.1, 0.15) is 31.6 Å². The highest BCUT2D eigenvalue weighted by atomic mass is 32.2. The Labute approximate surface area is 179 Å². The maximum Gasteiger partial charge on any atom is 0.247 e. The molecule has 0 bridgehead atoms. The number of hydrogen-bond acceptors (Lipinski definition) is 6. The molecule has 2 heterocycles. The number of piperidine rings is 1. The molecule has 1 aliphatic rings. The summed E-state index contributed by atoms with van der Waals surface area (Å²) in [5, 5.41) is 10.8. The smallest absolute Gasteiger partial charge is 0.247 e. The molecular formula is C21H21FN4O4S. The molecular weight excluding hydrogens is 423 g/mol. The van der Waals surface area contributed by atoms with Crippen LogP contribution < -0.4 is 5.32 Å². The molecule has 1 aliphatic heterocycles. The number of hydrogen-bond donors (Lipinski definition) is 1. The zero-order valence-corrected chi connectivity index (χ0v) is 17.6. The third-order valence-corrected chi connectivity index (χ3v) is 7.06. The van der Waals surface area contributed by atoms with Gasteiger partial charge in [-0.2, -0.15) is 4.31 Å². The highest BCUT2D eigenvalue weighted by Gasteiger charge is 2.32. The van der Waals surface area contributed by atoms with Crippen molar-refractivity contribution in [2.75, 3.05) is 18.4 Å². The molecule has 1 aromatic heterocycles. The summed E-state index contributed by atoms with van der Waals surface area (Å²) >= 11 is 0. The Hall–Kier alpha value is -3.11. The van der Waals surface area contributed by atoms with E-state index in [1.165, 1.54) is 35.5 Å². The number of carbonyl (C=O) groups is 1. The van der Waals surface area contributed by atoms with Gasteiger partial charge in [-0.25, -0.2) is 12.8 Å². The Balaban J connectivity index is 1.41. The van der Waals surface area contributed by atoms with Crippen LogP contribution in [0.25, 0.3) is 11.5 Å². The number of benzene rings is 2. The van der Waals surface area contributed by atoms with E-state index in [-0.39, 0.29) is 22.5 Å². The zero-order valence-electron chi connectivity index (χ0n) is 16.8. The highest BCUT2D eigenvalue weighted by molar-refractivity contribution is 7.89. The third-order valence-electron chi connectivity index (χ3n) is 5.15. The van der Waals surface area contributed by atoms with Crippen LogP contribution in [0, 0.1) is 5.82 Å². The first-order valence-corrected chi connectivity index (χ1v) is 11.2. The minimum atomic E-state index is -3.64. The zero-order chi connectivity index (χ0) is 22.0. The maximum atomic E-state index is 13.1. The molecule has 31 heavy (non-hydrogen) atoms. The number of aromatic nitrogens is 2. The Morgan fingerprint density at radius 2 is 1.71 bits per heavy atom. The topological polar surface area (TPSA) is 105 Å². The lowest BCUT2D eigenvalue weighted by atomic mass is 9.98. The van der Waals surface area contributed by atoms with E-state index in [2.05, 4.69) is 15.5 Å². The van der Waals surface area contributed by atoms with Crippen molar-refractivity contribution in [2.24, 2.45) is 0 Å². The molecule has 8 nitrogen and oxygen atoms in total. The van der Waals surface area contributed by atoms with Gasteiger partial charge in [-0.15, -0.1) is 10.2 Å². The average Bonchev–Trinajstić information content (AvgIpc) is 3.25. The van der Waals surface area contributed by atoms with Gasteiger partial charge in [0.2, 0.25) is 27.7 Å². The van der Waals surface area contributed by atoms with Gasteiger partial charge < -0.3 is 9.73 Å². The van der Waals surface area contributed by atoms with Gasteiger partial charge in [-0.3, -0.25) is 4.79 Å². The number of carbonyl (C=O) groups excluding carboxylic acids is 1. The van der Waals surface area contributed by atoms with Crippen molar-refractivity contribution in [1.29, 1.82) is 0 Å². The van der Waals surface area contributed by atoms with Gasteiger partial charge in [-0.1, -0.05) is 0 Å². The Bertz CT molecular complexity index is 1170. The lowest BCUT2D eigenvalue weighted by molar-refractivity contribution is -0.114. The summed E-state index contributed by atoms with van der Waals surface area (Å²) in [5.74, 6) is 0.152. The van der Waals surface area contributed by atoms with Crippen molar-refractivity contribution in [3.05, 3.63) is 60.2 Å². The molecule has 0 atom stereocenters. The Morgan fingerprint density at radius 1 is 1.06 bits per heavy atom. The monoisotopic (exact) mass is 444 g/mol. The predicted octanol–water partition coefficient (Wildman–Crippen LogP) is 3.40. The van der Waals surface area contributed by atoms with Gasteiger partial charge in [0, 0.05) is 37.2 Å². The predicted molar refractivity (Wildman–Crippen MR) is 111 cm³/mol. The van der Waals surface area contributed by atoms with Gasteiger partial charge in [0.05, 0.1) is 4.90 Å². The molecule has 1 saturated heterocycles. The maximum absolute atomic E-state index is 13.1. The molecule has 2 aromatic carbocycles. The van der Waals surface area contributed by atoms with E-state index in [4.69, 9.17) is 4.42 Å². The second kappa shape index (κ2) is 8.56. The first kappa shape index (κ1) is 21.1. The summed E-state index contributed by atoms with van der Waals surface area (Å²) in [6.07, 6.45) is 1.10. The van der Waals surface area contributed by atoms with Crippen molar-refractivity contribution < 1.29 is 22.0 Å². The normalized spacial score (nSPS) is 15.7. The minimum absolute atomic E-state index is 0.0460. The van der Waals surface area contributed by atoms with E-state index in [0.29, 0.717) is 49.0 Å². The third kappa shape index (κ3) is 4.64. The van der Waals surface area contributed by atoms with Crippen LogP contribution in [0.4, 0.5) is 10.1 Å². The molecule has 162 valence electrons.